The maximum atomic E-state index is 10.6. The number of hydrogen-bond acceptors (Lipinski definition) is 2. The van der Waals surface area contributed by atoms with Gasteiger partial charge >= 0.3 is 5.97 Å². The lowest BCUT2D eigenvalue weighted by atomic mass is 9.69. The summed E-state index contributed by atoms with van der Waals surface area (Å²) in [5, 5.41) is 11.1. The Bertz CT molecular complexity index is 184. The number of carboxylic acids is 1. The third kappa shape index (κ3) is 1.20. The van der Waals surface area contributed by atoms with Crippen LogP contribution < -0.4 is 5.32 Å². The fraction of sp³-hybridized carbons (Fsp3) is 0.714. The van der Waals surface area contributed by atoms with Crippen molar-refractivity contribution in [3.63, 3.8) is 0 Å². The van der Waals surface area contributed by atoms with Crippen molar-refractivity contribution in [3.8, 4) is 0 Å². The van der Waals surface area contributed by atoms with Crippen molar-refractivity contribution in [1.82, 2.24) is 5.32 Å². The SMILES string of the molecule is CC1CC(NC=O)(C(=O)O)C1. The summed E-state index contributed by atoms with van der Waals surface area (Å²) in [6, 6.07) is 0. The molecule has 4 nitrogen and oxygen atoms in total. The van der Waals surface area contributed by atoms with Gasteiger partial charge in [-0.05, 0) is 18.8 Å². The standard InChI is InChI=1S/C7H11NO3/c1-5-2-7(3-5,6(10)11)8-4-9/h4-5H,2-3H2,1H3,(H,8,9)(H,10,11). The van der Waals surface area contributed by atoms with Gasteiger partial charge in [0.1, 0.15) is 5.54 Å². The van der Waals surface area contributed by atoms with Gasteiger partial charge in [-0.3, -0.25) is 4.79 Å². The molecule has 1 aliphatic rings. The predicted molar refractivity (Wildman–Crippen MR) is 38.0 cm³/mol. The Morgan fingerprint density at radius 2 is 2.27 bits per heavy atom. The second kappa shape index (κ2) is 2.53. The molecule has 1 fully saturated rings. The highest BCUT2D eigenvalue weighted by atomic mass is 16.4. The number of nitrogens with one attached hydrogen (secondary N) is 1. The van der Waals surface area contributed by atoms with Crippen molar-refractivity contribution in [2.24, 2.45) is 5.92 Å². The summed E-state index contributed by atoms with van der Waals surface area (Å²) in [7, 11) is 0. The van der Waals surface area contributed by atoms with Crippen LogP contribution in [-0.4, -0.2) is 23.0 Å². The zero-order chi connectivity index (χ0) is 8.48. The van der Waals surface area contributed by atoms with E-state index >= 15 is 0 Å². The number of carbonyl (C=O) groups is 2. The highest BCUT2D eigenvalue weighted by Crippen LogP contribution is 2.37. The third-order valence-corrected chi connectivity index (χ3v) is 2.14. The molecule has 2 N–H and O–H groups in total. The third-order valence-electron chi connectivity index (χ3n) is 2.14. The lowest BCUT2D eigenvalue weighted by molar-refractivity contribution is -0.152. The van der Waals surface area contributed by atoms with Gasteiger partial charge in [0.25, 0.3) is 0 Å². The topological polar surface area (TPSA) is 66.4 Å². The molecule has 0 aromatic rings. The van der Waals surface area contributed by atoms with Gasteiger partial charge in [0.15, 0.2) is 0 Å². The Morgan fingerprint density at radius 3 is 2.55 bits per heavy atom. The number of aliphatic carboxylic acids is 1. The lowest BCUT2D eigenvalue weighted by Gasteiger charge is -2.42. The van der Waals surface area contributed by atoms with E-state index in [9.17, 15) is 9.59 Å². The molecule has 1 rings (SSSR count). The molecule has 0 bridgehead atoms. The van der Waals surface area contributed by atoms with Gasteiger partial charge in [0, 0.05) is 0 Å². The molecule has 0 heterocycles. The summed E-state index contributed by atoms with van der Waals surface area (Å²) in [6.45, 7) is 1.97. The molecule has 0 aromatic heterocycles. The number of amides is 1. The van der Waals surface area contributed by atoms with Crippen molar-refractivity contribution >= 4 is 12.4 Å². The maximum Gasteiger partial charge on any atom is 0.329 e. The Hall–Kier alpha value is -1.06. The average Bonchev–Trinajstić information content (AvgIpc) is 1.84. The van der Waals surface area contributed by atoms with Gasteiger partial charge in [-0.25, -0.2) is 4.79 Å². The van der Waals surface area contributed by atoms with Crippen LogP contribution in [0.5, 0.6) is 0 Å². The molecule has 0 aromatic carbocycles. The highest BCUT2D eigenvalue weighted by Gasteiger charge is 2.48. The number of hydrogen-bond donors (Lipinski definition) is 2. The van der Waals surface area contributed by atoms with E-state index in [0.717, 1.165) is 0 Å². The van der Waals surface area contributed by atoms with Crippen LogP contribution in [-0.2, 0) is 9.59 Å². The first-order chi connectivity index (χ1) is 5.10. The van der Waals surface area contributed by atoms with Gasteiger partial charge < -0.3 is 10.4 Å². The number of carboxylic acid groups (broad SMARTS) is 1. The normalized spacial score (nSPS) is 35.5. The zero-order valence-corrected chi connectivity index (χ0v) is 6.33. The van der Waals surface area contributed by atoms with Crippen LogP contribution in [0, 0.1) is 5.92 Å². The van der Waals surface area contributed by atoms with Crippen LogP contribution in [0.4, 0.5) is 0 Å². The van der Waals surface area contributed by atoms with E-state index < -0.39 is 11.5 Å². The minimum Gasteiger partial charge on any atom is -0.480 e. The van der Waals surface area contributed by atoms with Gasteiger partial charge in [-0.1, -0.05) is 6.92 Å². The largest absolute Gasteiger partial charge is 0.480 e. The molecule has 62 valence electrons. The molecule has 0 aliphatic heterocycles. The average molecular weight is 157 g/mol. The van der Waals surface area contributed by atoms with Gasteiger partial charge in [-0.15, -0.1) is 0 Å². The monoisotopic (exact) mass is 157 g/mol. The van der Waals surface area contributed by atoms with E-state index in [4.69, 9.17) is 5.11 Å². The van der Waals surface area contributed by atoms with E-state index in [1.54, 1.807) is 0 Å². The Morgan fingerprint density at radius 1 is 1.73 bits per heavy atom. The van der Waals surface area contributed by atoms with Crippen LogP contribution in [0.1, 0.15) is 19.8 Å². The molecule has 1 amide bonds. The van der Waals surface area contributed by atoms with E-state index in [-0.39, 0.29) is 0 Å². The van der Waals surface area contributed by atoms with Gasteiger partial charge in [0.2, 0.25) is 6.41 Å². The van der Waals surface area contributed by atoms with Crippen LogP contribution >= 0.6 is 0 Å². The number of rotatable bonds is 3. The minimum absolute atomic E-state index is 0.401. The van der Waals surface area contributed by atoms with Gasteiger partial charge in [0.05, 0.1) is 0 Å². The second-order valence-electron chi connectivity index (χ2n) is 3.16. The molecule has 0 radical (unpaired) electrons. The first-order valence-corrected chi connectivity index (χ1v) is 3.55. The Kier molecular flexibility index (Phi) is 1.85. The summed E-state index contributed by atoms with van der Waals surface area (Å²) < 4.78 is 0. The van der Waals surface area contributed by atoms with Gasteiger partial charge in [-0.2, -0.15) is 0 Å². The smallest absolute Gasteiger partial charge is 0.329 e. The molecule has 1 saturated carbocycles. The molecule has 0 unspecified atom stereocenters. The molecule has 0 spiro atoms. The number of carbonyl (C=O) groups excluding carboxylic acids is 1. The summed E-state index contributed by atoms with van der Waals surface area (Å²) in [6.07, 6.45) is 1.54. The second-order valence-corrected chi connectivity index (χ2v) is 3.16. The minimum atomic E-state index is -0.957. The van der Waals surface area contributed by atoms with Crippen LogP contribution in [0.2, 0.25) is 0 Å². The summed E-state index contributed by atoms with van der Waals surface area (Å²) in [4.78, 5) is 20.7. The zero-order valence-electron chi connectivity index (χ0n) is 6.33. The molecule has 11 heavy (non-hydrogen) atoms. The van der Waals surface area contributed by atoms with Crippen LogP contribution in [0.25, 0.3) is 0 Å². The summed E-state index contributed by atoms with van der Waals surface area (Å²) in [5.41, 5.74) is -0.957. The molecule has 1 aliphatic carbocycles. The van der Waals surface area contributed by atoms with Crippen molar-refractivity contribution in [1.29, 1.82) is 0 Å². The molecular weight excluding hydrogens is 146 g/mol. The van der Waals surface area contributed by atoms with Crippen molar-refractivity contribution in [2.45, 2.75) is 25.3 Å². The van der Waals surface area contributed by atoms with Crippen molar-refractivity contribution in [3.05, 3.63) is 0 Å². The van der Waals surface area contributed by atoms with Crippen molar-refractivity contribution in [2.75, 3.05) is 0 Å². The Balaban J connectivity index is 2.60. The van der Waals surface area contributed by atoms with Crippen LogP contribution in [0.15, 0.2) is 0 Å². The lowest BCUT2D eigenvalue weighted by Crippen LogP contribution is -2.59. The van der Waals surface area contributed by atoms with Crippen molar-refractivity contribution < 1.29 is 14.7 Å². The van der Waals surface area contributed by atoms with E-state index in [2.05, 4.69) is 5.32 Å². The molecular formula is C7H11NO3. The van der Waals surface area contributed by atoms with E-state index in [1.807, 2.05) is 6.92 Å². The Labute approximate surface area is 64.6 Å². The molecule has 0 saturated heterocycles. The molecule has 0 atom stereocenters. The summed E-state index contributed by atoms with van der Waals surface area (Å²) in [5.74, 6) is -0.527. The first kappa shape index (κ1) is 8.04. The predicted octanol–water partition coefficient (Wildman–Crippen LogP) is -0.0143. The quantitative estimate of drug-likeness (QED) is 0.566. The van der Waals surface area contributed by atoms with Crippen LogP contribution in [0.3, 0.4) is 0 Å². The summed E-state index contributed by atoms with van der Waals surface area (Å²) >= 11 is 0. The fourth-order valence-electron chi connectivity index (χ4n) is 1.60. The highest BCUT2D eigenvalue weighted by molar-refractivity contribution is 5.82. The van der Waals surface area contributed by atoms with E-state index in [0.29, 0.717) is 25.2 Å². The van der Waals surface area contributed by atoms with E-state index in [1.165, 1.54) is 0 Å². The molecule has 4 heteroatoms. The first-order valence-electron chi connectivity index (χ1n) is 3.55. The maximum absolute atomic E-state index is 10.6. The fourth-order valence-corrected chi connectivity index (χ4v) is 1.60.